The standard InChI is InChI=1S/C17H26F2N4O/c1-3-20-17(21-10-13-8-9-23(2)12-13)22-11-14-6-4-5-7-15(14)24-16(18)19/h4-7,13,16H,3,8-12H2,1-2H3,(H2,20,21,22). The zero-order valence-corrected chi connectivity index (χ0v) is 14.3. The number of aliphatic imine (C=N–C) groups is 1. The van der Waals surface area contributed by atoms with Crippen molar-refractivity contribution in [3.63, 3.8) is 0 Å². The van der Waals surface area contributed by atoms with Gasteiger partial charge in [-0.15, -0.1) is 0 Å². The second-order valence-electron chi connectivity index (χ2n) is 5.98. The van der Waals surface area contributed by atoms with Gasteiger partial charge in [0.25, 0.3) is 0 Å². The molecule has 1 atom stereocenters. The largest absolute Gasteiger partial charge is 0.434 e. The third-order valence-corrected chi connectivity index (χ3v) is 3.99. The molecule has 7 heteroatoms. The van der Waals surface area contributed by atoms with E-state index in [0.29, 0.717) is 17.4 Å². The number of ether oxygens (including phenoxy) is 1. The Balaban J connectivity index is 1.95. The smallest absolute Gasteiger partial charge is 0.387 e. The van der Waals surface area contributed by atoms with Crippen LogP contribution in [0.5, 0.6) is 5.75 Å². The van der Waals surface area contributed by atoms with Gasteiger partial charge < -0.3 is 20.3 Å². The van der Waals surface area contributed by atoms with Gasteiger partial charge >= 0.3 is 6.61 Å². The number of guanidine groups is 1. The number of hydrogen-bond acceptors (Lipinski definition) is 3. The zero-order chi connectivity index (χ0) is 17.4. The number of para-hydroxylation sites is 1. The average Bonchev–Trinajstić information content (AvgIpc) is 2.96. The lowest BCUT2D eigenvalue weighted by molar-refractivity contribution is -0.0504. The predicted octanol–water partition coefficient (Wildman–Crippen LogP) is 2.29. The lowest BCUT2D eigenvalue weighted by Gasteiger charge is -2.15. The van der Waals surface area contributed by atoms with Crippen LogP contribution in [0.3, 0.4) is 0 Å². The van der Waals surface area contributed by atoms with Crippen molar-refractivity contribution in [2.75, 3.05) is 33.2 Å². The number of alkyl halides is 2. The first-order valence-corrected chi connectivity index (χ1v) is 8.32. The minimum absolute atomic E-state index is 0.171. The molecule has 0 spiro atoms. The SMILES string of the molecule is CCNC(=NCc1ccccc1OC(F)F)NCC1CCN(C)C1. The Labute approximate surface area is 142 Å². The number of rotatable bonds is 7. The van der Waals surface area contributed by atoms with Gasteiger partial charge in [-0.25, -0.2) is 4.99 Å². The molecular formula is C17H26F2N4O. The van der Waals surface area contributed by atoms with Gasteiger partial charge in [0.15, 0.2) is 5.96 Å². The van der Waals surface area contributed by atoms with Crippen LogP contribution in [-0.2, 0) is 6.54 Å². The summed E-state index contributed by atoms with van der Waals surface area (Å²) in [6, 6.07) is 6.74. The summed E-state index contributed by atoms with van der Waals surface area (Å²) in [5.74, 6) is 1.47. The minimum Gasteiger partial charge on any atom is -0.434 e. The van der Waals surface area contributed by atoms with Crippen LogP contribution in [-0.4, -0.2) is 50.7 Å². The summed E-state index contributed by atoms with van der Waals surface area (Å²) < 4.78 is 29.5. The van der Waals surface area contributed by atoms with Gasteiger partial charge in [0.2, 0.25) is 0 Å². The lowest BCUT2D eigenvalue weighted by atomic mass is 10.1. The van der Waals surface area contributed by atoms with Crippen LogP contribution in [0.15, 0.2) is 29.3 Å². The van der Waals surface area contributed by atoms with E-state index < -0.39 is 6.61 Å². The minimum atomic E-state index is -2.83. The molecule has 134 valence electrons. The Bertz CT molecular complexity index is 539. The van der Waals surface area contributed by atoms with Crippen LogP contribution in [0.4, 0.5) is 8.78 Å². The predicted molar refractivity (Wildman–Crippen MR) is 91.5 cm³/mol. The van der Waals surface area contributed by atoms with Gasteiger partial charge in [-0.3, -0.25) is 0 Å². The highest BCUT2D eigenvalue weighted by molar-refractivity contribution is 5.79. The van der Waals surface area contributed by atoms with E-state index in [9.17, 15) is 8.78 Å². The Morgan fingerprint density at radius 2 is 2.17 bits per heavy atom. The van der Waals surface area contributed by atoms with Crippen LogP contribution in [0, 0.1) is 5.92 Å². The van der Waals surface area contributed by atoms with Crippen molar-refractivity contribution >= 4 is 5.96 Å². The quantitative estimate of drug-likeness (QED) is 0.591. The molecule has 0 aromatic heterocycles. The van der Waals surface area contributed by atoms with Crippen molar-refractivity contribution in [1.29, 1.82) is 0 Å². The Morgan fingerprint density at radius 1 is 1.38 bits per heavy atom. The molecule has 1 aliphatic rings. The summed E-state index contributed by atoms with van der Waals surface area (Å²) in [4.78, 5) is 6.80. The molecule has 0 saturated carbocycles. The molecule has 1 heterocycles. The average molecular weight is 340 g/mol. The summed E-state index contributed by atoms with van der Waals surface area (Å²) in [5, 5.41) is 6.52. The van der Waals surface area contributed by atoms with Gasteiger partial charge in [-0.1, -0.05) is 18.2 Å². The number of nitrogens with one attached hydrogen (secondary N) is 2. The molecule has 0 radical (unpaired) electrons. The number of halogens is 2. The van der Waals surface area contributed by atoms with Crippen molar-refractivity contribution in [2.24, 2.45) is 10.9 Å². The first kappa shape index (κ1) is 18.4. The first-order valence-electron chi connectivity index (χ1n) is 8.32. The fraction of sp³-hybridized carbons (Fsp3) is 0.588. The van der Waals surface area contributed by atoms with Gasteiger partial charge in [0.05, 0.1) is 6.54 Å². The molecule has 2 N–H and O–H groups in total. The first-order chi connectivity index (χ1) is 11.6. The summed E-state index contributed by atoms with van der Waals surface area (Å²) in [6.45, 7) is 3.24. The Kier molecular flexibility index (Phi) is 7.24. The Hall–Kier alpha value is -1.89. The normalized spacial score (nSPS) is 18.9. The molecule has 5 nitrogen and oxygen atoms in total. The number of benzene rings is 1. The van der Waals surface area contributed by atoms with E-state index in [1.54, 1.807) is 18.2 Å². The van der Waals surface area contributed by atoms with E-state index in [2.05, 4.69) is 32.3 Å². The van der Waals surface area contributed by atoms with Gasteiger partial charge in [0.1, 0.15) is 5.75 Å². The van der Waals surface area contributed by atoms with E-state index in [0.717, 1.165) is 26.2 Å². The highest BCUT2D eigenvalue weighted by atomic mass is 19.3. The number of likely N-dealkylation sites (tertiary alicyclic amines) is 1. The molecule has 1 unspecified atom stereocenters. The number of nitrogens with zero attached hydrogens (tertiary/aromatic N) is 2. The van der Waals surface area contributed by atoms with E-state index in [-0.39, 0.29) is 12.3 Å². The molecule has 0 amide bonds. The van der Waals surface area contributed by atoms with Crippen LogP contribution < -0.4 is 15.4 Å². The maximum atomic E-state index is 12.5. The van der Waals surface area contributed by atoms with Crippen LogP contribution in [0.1, 0.15) is 18.9 Å². The van der Waals surface area contributed by atoms with Crippen molar-refractivity contribution in [2.45, 2.75) is 26.5 Å². The summed E-state index contributed by atoms with van der Waals surface area (Å²) >= 11 is 0. The zero-order valence-electron chi connectivity index (χ0n) is 14.3. The van der Waals surface area contributed by atoms with Crippen LogP contribution in [0.25, 0.3) is 0 Å². The molecule has 1 saturated heterocycles. The fourth-order valence-corrected chi connectivity index (χ4v) is 2.79. The van der Waals surface area contributed by atoms with Gasteiger partial charge in [-0.2, -0.15) is 8.78 Å². The van der Waals surface area contributed by atoms with E-state index in [1.165, 1.54) is 12.5 Å². The molecule has 1 aliphatic heterocycles. The number of hydrogen-bond donors (Lipinski definition) is 2. The van der Waals surface area contributed by atoms with E-state index in [4.69, 9.17) is 0 Å². The van der Waals surface area contributed by atoms with Crippen LogP contribution >= 0.6 is 0 Å². The molecule has 1 fully saturated rings. The Morgan fingerprint density at radius 3 is 2.83 bits per heavy atom. The molecule has 2 rings (SSSR count). The van der Waals surface area contributed by atoms with Crippen molar-refractivity contribution in [3.05, 3.63) is 29.8 Å². The summed E-state index contributed by atoms with van der Waals surface area (Å²) in [7, 11) is 2.12. The van der Waals surface area contributed by atoms with Gasteiger partial charge in [0, 0.05) is 25.2 Å². The van der Waals surface area contributed by atoms with Crippen molar-refractivity contribution in [1.82, 2.24) is 15.5 Å². The summed E-state index contributed by atoms with van der Waals surface area (Å²) in [6.07, 6.45) is 1.17. The monoisotopic (exact) mass is 340 g/mol. The molecule has 24 heavy (non-hydrogen) atoms. The van der Waals surface area contributed by atoms with E-state index >= 15 is 0 Å². The summed E-state index contributed by atoms with van der Waals surface area (Å²) in [5.41, 5.74) is 0.635. The van der Waals surface area contributed by atoms with Gasteiger partial charge in [-0.05, 0) is 38.9 Å². The lowest BCUT2D eigenvalue weighted by Crippen LogP contribution is -2.40. The van der Waals surface area contributed by atoms with Crippen LogP contribution in [0.2, 0.25) is 0 Å². The highest BCUT2D eigenvalue weighted by Gasteiger charge is 2.19. The second kappa shape index (κ2) is 9.42. The van der Waals surface area contributed by atoms with Crippen molar-refractivity contribution in [3.8, 4) is 5.75 Å². The second-order valence-corrected chi connectivity index (χ2v) is 5.98. The fourth-order valence-electron chi connectivity index (χ4n) is 2.79. The third-order valence-electron chi connectivity index (χ3n) is 3.99. The molecule has 0 bridgehead atoms. The highest BCUT2D eigenvalue weighted by Crippen LogP contribution is 2.21. The molecule has 1 aromatic rings. The third kappa shape index (κ3) is 5.96. The molecule has 0 aliphatic carbocycles. The maximum absolute atomic E-state index is 12.5. The topological polar surface area (TPSA) is 48.9 Å². The maximum Gasteiger partial charge on any atom is 0.387 e. The van der Waals surface area contributed by atoms with E-state index in [1.807, 2.05) is 6.92 Å². The molecule has 1 aromatic carbocycles. The van der Waals surface area contributed by atoms with Crippen molar-refractivity contribution < 1.29 is 13.5 Å². The molecular weight excluding hydrogens is 314 g/mol.